The molecule has 0 aliphatic heterocycles. The molecule has 0 amide bonds. The molecule has 0 spiro atoms. The zero-order valence-electron chi connectivity index (χ0n) is 13.4. The normalized spacial score (nSPS) is 11.0. The number of methoxy groups -OCH3 is 2. The van der Waals surface area contributed by atoms with E-state index in [9.17, 15) is 25.1 Å². The lowest BCUT2D eigenvalue weighted by molar-refractivity contribution is -0.385. The Morgan fingerprint density at radius 1 is 1.12 bits per heavy atom. The number of ether oxygens (including phenoxy) is 2. The third kappa shape index (κ3) is 3.86. The van der Waals surface area contributed by atoms with Crippen LogP contribution < -0.4 is 9.47 Å². The zero-order chi connectivity index (χ0) is 18.6. The topological polar surface area (TPSA) is 119 Å². The summed E-state index contributed by atoms with van der Waals surface area (Å²) in [4.78, 5) is 22.2. The number of carbonyl (C=O) groups is 1. The van der Waals surface area contributed by atoms with Crippen LogP contribution in [-0.2, 0) is 4.79 Å². The minimum absolute atomic E-state index is 0.000471. The number of benzene rings is 2. The molecule has 8 heteroatoms. The van der Waals surface area contributed by atoms with Crippen molar-refractivity contribution in [3.05, 3.63) is 57.6 Å². The van der Waals surface area contributed by atoms with Crippen LogP contribution in [0, 0.1) is 10.1 Å². The van der Waals surface area contributed by atoms with E-state index in [-0.39, 0.29) is 34.1 Å². The number of hydrogen-bond acceptors (Lipinski definition) is 6. The Labute approximate surface area is 142 Å². The molecule has 0 aliphatic rings. The van der Waals surface area contributed by atoms with Crippen LogP contribution in [-0.4, -0.2) is 35.3 Å². The minimum Gasteiger partial charge on any atom is -0.508 e. The summed E-state index contributed by atoms with van der Waals surface area (Å²) in [6, 6.07) is 8.06. The van der Waals surface area contributed by atoms with Crippen LogP contribution in [0.5, 0.6) is 17.2 Å². The average Bonchev–Trinajstić information content (AvgIpc) is 2.59. The molecule has 0 unspecified atom stereocenters. The van der Waals surface area contributed by atoms with Crippen LogP contribution in [0.1, 0.15) is 11.1 Å². The maximum atomic E-state index is 11.6. The van der Waals surface area contributed by atoms with Crippen molar-refractivity contribution in [3.63, 3.8) is 0 Å². The molecular weight excluding hydrogens is 330 g/mol. The molecule has 0 radical (unpaired) electrons. The standard InChI is InChI=1S/C17H15NO7/c1-24-15-9-16(25-2)14(18(22)23)8-11(15)7-13(17(20)21)10-3-5-12(19)6-4-10/h3-9,19H,1-2H3,(H,20,21)/b13-7-. The number of aromatic hydroxyl groups is 1. The Bertz CT molecular complexity index is 841. The van der Waals surface area contributed by atoms with Gasteiger partial charge in [-0.25, -0.2) is 4.79 Å². The number of rotatable bonds is 6. The first-order valence-electron chi connectivity index (χ1n) is 7.02. The summed E-state index contributed by atoms with van der Waals surface area (Å²) < 4.78 is 10.1. The fourth-order valence-electron chi connectivity index (χ4n) is 2.23. The Balaban J connectivity index is 2.66. The highest BCUT2D eigenvalue weighted by Gasteiger charge is 2.20. The van der Waals surface area contributed by atoms with Gasteiger partial charge in [-0.3, -0.25) is 10.1 Å². The van der Waals surface area contributed by atoms with Gasteiger partial charge < -0.3 is 19.7 Å². The molecule has 2 aromatic rings. The van der Waals surface area contributed by atoms with Gasteiger partial charge in [0.2, 0.25) is 5.75 Å². The highest BCUT2D eigenvalue weighted by molar-refractivity contribution is 6.20. The van der Waals surface area contributed by atoms with E-state index >= 15 is 0 Å². The van der Waals surface area contributed by atoms with Crippen molar-refractivity contribution in [1.82, 2.24) is 0 Å². The molecule has 8 nitrogen and oxygen atoms in total. The lowest BCUT2D eigenvalue weighted by atomic mass is 10.0. The van der Waals surface area contributed by atoms with Crippen molar-refractivity contribution >= 4 is 23.3 Å². The van der Waals surface area contributed by atoms with Gasteiger partial charge in [-0.05, 0) is 23.8 Å². The fraction of sp³-hybridized carbons (Fsp3) is 0.118. The molecule has 0 heterocycles. The Kier molecular flexibility index (Phi) is 5.23. The van der Waals surface area contributed by atoms with Crippen molar-refractivity contribution in [2.24, 2.45) is 0 Å². The molecule has 0 saturated carbocycles. The lowest BCUT2D eigenvalue weighted by Gasteiger charge is -2.10. The summed E-state index contributed by atoms with van der Waals surface area (Å²) in [5.41, 5.74) is 0.106. The third-order valence-electron chi connectivity index (χ3n) is 3.44. The molecule has 0 fully saturated rings. The SMILES string of the molecule is COc1cc(OC)c([N+](=O)[O-])cc1/C=C(\C(=O)O)c1ccc(O)cc1. The van der Waals surface area contributed by atoms with Crippen LogP contribution in [0.2, 0.25) is 0 Å². The number of nitro groups is 1. The van der Waals surface area contributed by atoms with Gasteiger partial charge in [-0.1, -0.05) is 12.1 Å². The summed E-state index contributed by atoms with van der Waals surface area (Å²) in [6.45, 7) is 0. The number of aliphatic carboxylic acids is 1. The lowest BCUT2D eigenvalue weighted by Crippen LogP contribution is -2.01. The van der Waals surface area contributed by atoms with E-state index in [0.717, 1.165) is 0 Å². The van der Waals surface area contributed by atoms with Crippen LogP contribution >= 0.6 is 0 Å². The predicted octanol–water partition coefficient (Wildman–Crippen LogP) is 2.94. The van der Waals surface area contributed by atoms with Crippen molar-refractivity contribution in [2.75, 3.05) is 14.2 Å². The maximum Gasteiger partial charge on any atom is 0.336 e. The number of phenols is 1. The second-order valence-corrected chi connectivity index (χ2v) is 4.93. The molecule has 0 aliphatic carbocycles. The molecule has 2 aromatic carbocycles. The van der Waals surface area contributed by atoms with Crippen LogP contribution in [0.15, 0.2) is 36.4 Å². The van der Waals surface area contributed by atoms with Gasteiger partial charge in [0.05, 0.1) is 24.7 Å². The average molecular weight is 345 g/mol. The molecule has 0 saturated heterocycles. The van der Waals surface area contributed by atoms with Crippen molar-refractivity contribution in [1.29, 1.82) is 0 Å². The Morgan fingerprint density at radius 3 is 2.20 bits per heavy atom. The van der Waals surface area contributed by atoms with Gasteiger partial charge >= 0.3 is 11.7 Å². The van der Waals surface area contributed by atoms with Crippen molar-refractivity contribution < 1.29 is 29.4 Å². The maximum absolute atomic E-state index is 11.6. The first-order valence-corrected chi connectivity index (χ1v) is 7.02. The van der Waals surface area contributed by atoms with Crippen LogP contribution in [0.4, 0.5) is 5.69 Å². The van der Waals surface area contributed by atoms with Gasteiger partial charge in [0.1, 0.15) is 11.5 Å². The number of nitrogens with zero attached hydrogens (tertiary/aromatic N) is 1. The van der Waals surface area contributed by atoms with Gasteiger partial charge in [0.15, 0.2) is 0 Å². The second-order valence-electron chi connectivity index (χ2n) is 4.93. The predicted molar refractivity (Wildman–Crippen MR) is 89.8 cm³/mol. The number of phenolic OH excluding ortho intramolecular Hbond substituents is 1. The van der Waals surface area contributed by atoms with Crippen molar-refractivity contribution in [2.45, 2.75) is 0 Å². The monoisotopic (exact) mass is 345 g/mol. The molecule has 0 atom stereocenters. The molecule has 2 N–H and O–H groups in total. The van der Waals surface area contributed by atoms with Gasteiger partial charge in [-0.15, -0.1) is 0 Å². The highest BCUT2D eigenvalue weighted by atomic mass is 16.6. The highest BCUT2D eigenvalue weighted by Crippen LogP contribution is 2.36. The minimum atomic E-state index is -1.23. The zero-order valence-corrected chi connectivity index (χ0v) is 13.4. The van der Waals surface area contributed by atoms with Gasteiger partial charge in [0, 0.05) is 17.7 Å². The van der Waals surface area contributed by atoms with E-state index in [4.69, 9.17) is 9.47 Å². The summed E-state index contributed by atoms with van der Waals surface area (Å²) in [6.07, 6.45) is 1.26. The molecule has 130 valence electrons. The quantitative estimate of drug-likeness (QED) is 0.357. The van der Waals surface area contributed by atoms with Crippen LogP contribution in [0.3, 0.4) is 0 Å². The summed E-state index contributed by atoms with van der Waals surface area (Å²) >= 11 is 0. The molecular formula is C17H15NO7. The Morgan fingerprint density at radius 2 is 1.72 bits per heavy atom. The molecule has 2 rings (SSSR count). The number of hydrogen-bond donors (Lipinski definition) is 2. The van der Waals surface area contributed by atoms with Gasteiger partial charge in [-0.2, -0.15) is 0 Å². The number of carboxylic acid groups (broad SMARTS) is 1. The molecule has 25 heavy (non-hydrogen) atoms. The second kappa shape index (κ2) is 7.35. The largest absolute Gasteiger partial charge is 0.508 e. The van der Waals surface area contributed by atoms with E-state index in [0.29, 0.717) is 5.56 Å². The van der Waals surface area contributed by atoms with E-state index in [1.165, 1.54) is 56.7 Å². The molecule has 0 aromatic heterocycles. The summed E-state index contributed by atoms with van der Waals surface area (Å²) in [7, 11) is 2.65. The first-order chi connectivity index (χ1) is 11.9. The number of carboxylic acids is 1. The smallest absolute Gasteiger partial charge is 0.336 e. The van der Waals surface area contributed by atoms with E-state index in [1.54, 1.807) is 0 Å². The van der Waals surface area contributed by atoms with Gasteiger partial charge in [0.25, 0.3) is 0 Å². The van der Waals surface area contributed by atoms with E-state index < -0.39 is 10.9 Å². The Hall–Kier alpha value is -3.55. The van der Waals surface area contributed by atoms with Crippen molar-refractivity contribution in [3.8, 4) is 17.2 Å². The summed E-state index contributed by atoms with van der Waals surface area (Å²) in [5.74, 6) is -1.02. The molecule has 0 bridgehead atoms. The fourth-order valence-corrected chi connectivity index (χ4v) is 2.23. The van der Waals surface area contributed by atoms with Crippen LogP contribution in [0.25, 0.3) is 11.6 Å². The first kappa shape index (κ1) is 17.8. The van der Waals surface area contributed by atoms with E-state index in [2.05, 4.69) is 0 Å². The summed E-state index contributed by atoms with van der Waals surface area (Å²) in [5, 5.41) is 30.0. The number of nitro benzene ring substituents is 1. The third-order valence-corrected chi connectivity index (χ3v) is 3.44. The van der Waals surface area contributed by atoms with E-state index in [1.807, 2.05) is 0 Å².